The Morgan fingerprint density at radius 3 is 2.61 bits per heavy atom. The topological polar surface area (TPSA) is 66.8 Å². The lowest BCUT2D eigenvalue weighted by Crippen LogP contribution is -2.88. The molecule has 0 aliphatic heterocycles. The van der Waals surface area contributed by atoms with E-state index in [-0.39, 0.29) is 16.8 Å². The van der Waals surface area contributed by atoms with Crippen LogP contribution in [0.5, 0.6) is 0 Å². The van der Waals surface area contributed by atoms with Gasteiger partial charge >= 0.3 is 5.91 Å². The minimum absolute atomic E-state index is 0.0824. The van der Waals surface area contributed by atoms with Gasteiger partial charge in [-0.15, -0.1) is 0 Å². The van der Waals surface area contributed by atoms with E-state index in [1.807, 2.05) is 30.3 Å². The summed E-state index contributed by atoms with van der Waals surface area (Å²) in [6, 6.07) is 9.61. The van der Waals surface area contributed by atoms with Crippen LogP contribution in [-0.4, -0.2) is 18.9 Å². The molecule has 0 radical (unpaired) electrons. The molecule has 0 fully saturated rings. The molecule has 1 aromatic carbocycles. The lowest BCUT2D eigenvalue weighted by molar-refractivity contribution is -0.604. The Morgan fingerprint density at radius 1 is 1.33 bits per heavy atom. The number of halogens is 2. The first-order chi connectivity index (χ1) is 8.65. The van der Waals surface area contributed by atoms with Crippen LogP contribution in [0.3, 0.4) is 0 Å². The van der Waals surface area contributed by atoms with E-state index in [9.17, 15) is 4.79 Å². The lowest BCUT2D eigenvalue weighted by Gasteiger charge is -2.02. The number of hydrogen-bond donors (Lipinski definition) is 2. The van der Waals surface area contributed by atoms with E-state index in [4.69, 9.17) is 33.3 Å². The van der Waals surface area contributed by atoms with E-state index in [0.29, 0.717) is 6.61 Å². The first kappa shape index (κ1) is 14.9. The third kappa shape index (κ3) is 4.98. The van der Waals surface area contributed by atoms with E-state index in [0.717, 1.165) is 11.8 Å². The summed E-state index contributed by atoms with van der Waals surface area (Å²) >= 11 is 11.2. The van der Waals surface area contributed by atoms with Crippen LogP contribution in [0.2, 0.25) is 0 Å². The summed E-state index contributed by atoms with van der Waals surface area (Å²) in [4.78, 5) is 11.4. The van der Waals surface area contributed by atoms with Crippen LogP contribution in [0.4, 0.5) is 0 Å². The second kappa shape index (κ2) is 8.00. The number of quaternary nitrogens is 1. The largest absolute Gasteiger partial charge is 0.357 e. The van der Waals surface area contributed by atoms with Crippen LogP contribution in [0.25, 0.3) is 0 Å². The molecular weight excluding hydrogens is 275 g/mol. The molecule has 4 nitrogen and oxygen atoms in total. The molecular formula is C12H13Cl2N2O2+. The number of allylic oxidation sites excluding steroid dienone is 1. The summed E-state index contributed by atoms with van der Waals surface area (Å²) in [6.45, 7) is 0.566. The summed E-state index contributed by atoms with van der Waals surface area (Å²) in [7, 11) is 0. The molecule has 0 saturated heterocycles. The van der Waals surface area contributed by atoms with E-state index in [1.54, 1.807) is 0 Å². The Morgan fingerprint density at radius 2 is 2.00 bits per heavy atom. The van der Waals surface area contributed by atoms with Crippen LogP contribution in [0.1, 0.15) is 5.56 Å². The van der Waals surface area contributed by atoms with Crippen LogP contribution < -0.4 is 5.32 Å². The Bertz CT molecular complexity index is 447. The third-order valence-corrected chi connectivity index (χ3v) is 2.84. The molecule has 0 saturated carbocycles. The van der Waals surface area contributed by atoms with Crippen molar-refractivity contribution in [1.29, 1.82) is 5.41 Å². The molecule has 0 heterocycles. The number of ether oxygens (including phenoxy) is 1. The second-order valence-electron chi connectivity index (χ2n) is 3.38. The van der Waals surface area contributed by atoms with E-state index < -0.39 is 5.91 Å². The van der Waals surface area contributed by atoms with Gasteiger partial charge in [-0.25, -0.2) is 4.79 Å². The molecule has 1 aromatic rings. The number of benzene rings is 1. The van der Waals surface area contributed by atoms with Crippen molar-refractivity contribution in [2.75, 3.05) is 6.73 Å². The van der Waals surface area contributed by atoms with Gasteiger partial charge in [0.25, 0.3) is 0 Å². The van der Waals surface area contributed by atoms with Crippen molar-refractivity contribution < 1.29 is 14.8 Å². The predicted octanol–water partition coefficient (Wildman–Crippen LogP) is 1.59. The summed E-state index contributed by atoms with van der Waals surface area (Å²) in [5.41, 5.74) is 1.03. The highest BCUT2D eigenvalue weighted by Crippen LogP contribution is 2.09. The quantitative estimate of drug-likeness (QED) is 0.361. The number of nitrogens with one attached hydrogen (secondary N) is 1. The van der Waals surface area contributed by atoms with Gasteiger partial charge in [0, 0.05) is 6.21 Å². The van der Waals surface area contributed by atoms with Crippen LogP contribution in [-0.2, 0) is 16.1 Å². The molecule has 1 rings (SSSR count). The molecule has 0 spiro atoms. The standard InChI is InChI=1S/C12H12Cl2N2O2/c13-10(6-15)11(14)12(17)16-8-18-7-9-4-2-1-3-5-9/h1-6,15H,7-8H2,(H,16,17)/p+1/b11-10-,15-6?. The van der Waals surface area contributed by atoms with Gasteiger partial charge in [-0.3, -0.25) is 5.32 Å². The molecule has 0 bridgehead atoms. The zero-order valence-corrected chi connectivity index (χ0v) is 11.0. The van der Waals surface area contributed by atoms with Gasteiger partial charge in [0.1, 0.15) is 0 Å². The number of amides is 1. The highest BCUT2D eigenvalue weighted by atomic mass is 35.5. The normalized spacial score (nSPS) is 11.9. The second-order valence-corrected chi connectivity index (χ2v) is 4.16. The van der Waals surface area contributed by atoms with Gasteiger partial charge in [-0.05, 0) is 5.56 Å². The smallest absolute Gasteiger partial charge is 0.327 e. The zero-order chi connectivity index (χ0) is 13.4. The maximum absolute atomic E-state index is 11.4. The summed E-state index contributed by atoms with van der Waals surface area (Å²) in [5.74, 6) is -0.446. The average molecular weight is 288 g/mol. The van der Waals surface area contributed by atoms with Crippen molar-refractivity contribution in [3.8, 4) is 0 Å². The van der Waals surface area contributed by atoms with E-state index in [1.165, 1.54) is 5.32 Å². The maximum Gasteiger partial charge on any atom is 0.357 e. The highest BCUT2D eigenvalue weighted by molar-refractivity contribution is 6.51. The first-order valence-electron chi connectivity index (χ1n) is 5.20. The van der Waals surface area contributed by atoms with Gasteiger partial charge in [-0.2, -0.15) is 0 Å². The number of carbonyl (C=O) groups excluding carboxylic acids is 1. The van der Waals surface area contributed by atoms with Crippen molar-refractivity contribution in [1.82, 2.24) is 0 Å². The summed E-state index contributed by atoms with van der Waals surface area (Å²) in [5, 5.41) is 7.90. The summed E-state index contributed by atoms with van der Waals surface area (Å²) in [6.07, 6.45) is 0.820. The number of nitrogens with two attached hydrogens (primary N) is 1. The first-order valence-corrected chi connectivity index (χ1v) is 5.95. The number of rotatable bonds is 6. The fourth-order valence-corrected chi connectivity index (χ4v) is 1.38. The van der Waals surface area contributed by atoms with Crippen molar-refractivity contribution in [3.05, 3.63) is 46.0 Å². The van der Waals surface area contributed by atoms with Gasteiger partial charge < -0.3 is 10.1 Å². The van der Waals surface area contributed by atoms with Crippen molar-refractivity contribution in [2.24, 2.45) is 0 Å². The molecule has 96 valence electrons. The van der Waals surface area contributed by atoms with Crippen LogP contribution in [0.15, 0.2) is 40.4 Å². The molecule has 1 amide bonds. The molecule has 0 unspecified atom stereocenters. The van der Waals surface area contributed by atoms with Gasteiger partial charge in [0.05, 0.1) is 11.6 Å². The minimum atomic E-state index is -0.446. The van der Waals surface area contributed by atoms with E-state index in [2.05, 4.69) is 0 Å². The molecule has 0 aliphatic rings. The van der Waals surface area contributed by atoms with Crippen molar-refractivity contribution in [2.45, 2.75) is 6.61 Å². The lowest BCUT2D eigenvalue weighted by atomic mass is 10.2. The Hall–Kier alpha value is -1.20. The van der Waals surface area contributed by atoms with Crippen molar-refractivity contribution >= 4 is 35.3 Å². The summed E-state index contributed by atoms with van der Waals surface area (Å²) < 4.78 is 5.30. The fraction of sp³-hybridized carbons (Fsp3) is 0.167. The van der Waals surface area contributed by atoms with Gasteiger partial charge in [0.15, 0.2) is 11.8 Å². The van der Waals surface area contributed by atoms with Crippen LogP contribution >= 0.6 is 23.2 Å². The van der Waals surface area contributed by atoms with Crippen LogP contribution in [0, 0.1) is 5.41 Å². The Kier molecular flexibility index (Phi) is 6.60. The maximum atomic E-state index is 11.4. The van der Waals surface area contributed by atoms with Gasteiger partial charge in [-0.1, -0.05) is 53.5 Å². The molecule has 0 aromatic heterocycles. The number of hydrogen-bond acceptors (Lipinski definition) is 3. The van der Waals surface area contributed by atoms with Gasteiger partial charge in [0.2, 0.25) is 0 Å². The molecule has 0 atom stereocenters. The monoisotopic (exact) mass is 287 g/mol. The molecule has 0 aliphatic carbocycles. The SMILES string of the molecule is N=C/C(Cl)=C(/Cl)C(=O)[NH2+]COCc1ccccc1. The molecule has 3 N–H and O–H groups in total. The molecule has 18 heavy (non-hydrogen) atoms. The number of primary amides is 1. The van der Waals surface area contributed by atoms with Crippen molar-refractivity contribution in [3.63, 3.8) is 0 Å². The zero-order valence-electron chi connectivity index (χ0n) is 9.53. The average Bonchev–Trinajstić information content (AvgIpc) is 2.42. The van der Waals surface area contributed by atoms with E-state index >= 15 is 0 Å². The molecule has 6 heteroatoms. The Balaban J connectivity index is 2.31. The fourth-order valence-electron chi connectivity index (χ4n) is 1.16. The minimum Gasteiger partial charge on any atom is -0.327 e. The third-order valence-electron chi connectivity index (χ3n) is 2.05. The Labute approximate surface area is 115 Å². The predicted molar refractivity (Wildman–Crippen MR) is 70.5 cm³/mol. The number of carbonyl (C=O) groups is 1. The highest BCUT2D eigenvalue weighted by Gasteiger charge is 2.14.